The van der Waals surface area contributed by atoms with Gasteiger partial charge in [0, 0.05) is 25.7 Å². The number of nitrogens with one attached hydrogen (secondary N) is 1. The summed E-state index contributed by atoms with van der Waals surface area (Å²) in [5, 5.41) is 7.86. The fourth-order valence-electron chi connectivity index (χ4n) is 1.91. The number of hydrogen-bond donors (Lipinski definition) is 1. The van der Waals surface area contributed by atoms with Crippen LogP contribution in [0.25, 0.3) is 0 Å². The molecule has 1 aromatic rings. The molecule has 98 valence electrons. The Morgan fingerprint density at radius 3 is 2.47 bits per heavy atom. The number of nitrogens with zero attached hydrogens (tertiary/aromatic N) is 2. The lowest BCUT2D eigenvalue weighted by molar-refractivity contribution is 0.224. The predicted octanol–water partition coefficient (Wildman–Crippen LogP) is 2.62. The van der Waals surface area contributed by atoms with E-state index in [1.807, 2.05) is 25.0 Å². The number of likely N-dealkylation sites (N-methyl/N-ethyl adjacent to an activating group) is 1. The molecule has 17 heavy (non-hydrogen) atoms. The maximum absolute atomic E-state index is 4.44. The molecule has 0 saturated carbocycles. The average Bonchev–Trinajstić information content (AvgIpc) is 2.61. The van der Waals surface area contributed by atoms with Crippen molar-refractivity contribution in [3.8, 4) is 0 Å². The lowest BCUT2D eigenvalue weighted by Crippen LogP contribution is -2.33. The monoisotopic (exact) mass is 237 g/mol. The van der Waals surface area contributed by atoms with Crippen LogP contribution in [0.15, 0.2) is 12.3 Å². The summed E-state index contributed by atoms with van der Waals surface area (Å²) in [6.07, 6.45) is 4.21. The molecule has 0 spiro atoms. The van der Waals surface area contributed by atoms with E-state index in [0.717, 1.165) is 6.42 Å². The Hall–Kier alpha value is -0.830. The van der Waals surface area contributed by atoms with E-state index >= 15 is 0 Å². The van der Waals surface area contributed by atoms with Crippen molar-refractivity contribution < 1.29 is 0 Å². The summed E-state index contributed by atoms with van der Waals surface area (Å²) in [6.45, 7) is 9.27. The summed E-state index contributed by atoms with van der Waals surface area (Å²) in [4.78, 5) is 0. The molecule has 0 fully saturated rings. The van der Waals surface area contributed by atoms with Gasteiger partial charge in [-0.25, -0.2) is 0 Å². The van der Waals surface area contributed by atoms with Crippen molar-refractivity contribution in [2.24, 2.45) is 18.4 Å². The van der Waals surface area contributed by atoms with Gasteiger partial charge in [-0.15, -0.1) is 0 Å². The minimum absolute atomic E-state index is 0.374. The molecule has 0 radical (unpaired) electrons. The van der Waals surface area contributed by atoms with E-state index in [9.17, 15) is 0 Å². The van der Waals surface area contributed by atoms with Crippen LogP contribution in [0, 0.1) is 11.3 Å². The molecule has 3 heteroatoms. The van der Waals surface area contributed by atoms with Gasteiger partial charge in [-0.3, -0.25) is 4.68 Å². The molecule has 1 rings (SSSR count). The van der Waals surface area contributed by atoms with Crippen molar-refractivity contribution in [3.05, 3.63) is 18.0 Å². The molecular weight excluding hydrogens is 210 g/mol. The van der Waals surface area contributed by atoms with Gasteiger partial charge in [-0.1, -0.05) is 27.7 Å². The van der Waals surface area contributed by atoms with E-state index in [2.05, 4.69) is 44.2 Å². The molecule has 0 aromatic carbocycles. The highest BCUT2D eigenvalue weighted by atomic mass is 15.2. The van der Waals surface area contributed by atoms with Gasteiger partial charge in [0.2, 0.25) is 0 Å². The van der Waals surface area contributed by atoms with Crippen LogP contribution < -0.4 is 5.32 Å². The molecule has 0 amide bonds. The third-order valence-corrected chi connectivity index (χ3v) is 3.75. The Kier molecular flexibility index (Phi) is 4.75. The second-order valence-corrected chi connectivity index (χ2v) is 6.17. The molecular formula is C14H27N3. The predicted molar refractivity (Wildman–Crippen MR) is 73.0 cm³/mol. The molecule has 0 aliphatic carbocycles. The zero-order chi connectivity index (χ0) is 13.1. The molecule has 0 bridgehead atoms. The number of aromatic nitrogens is 2. The molecule has 2 unspecified atom stereocenters. The van der Waals surface area contributed by atoms with Crippen molar-refractivity contribution in [1.82, 2.24) is 15.1 Å². The lowest BCUT2D eigenvalue weighted by Gasteiger charge is -2.30. The zero-order valence-corrected chi connectivity index (χ0v) is 12.1. The van der Waals surface area contributed by atoms with E-state index in [0.29, 0.717) is 17.4 Å². The van der Waals surface area contributed by atoms with Crippen molar-refractivity contribution in [2.75, 3.05) is 7.05 Å². The molecule has 1 aromatic heterocycles. The number of aryl methyl sites for hydroxylation is 1. The Bertz CT molecular complexity index is 335. The van der Waals surface area contributed by atoms with E-state index < -0.39 is 0 Å². The minimum atomic E-state index is 0.374. The van der Waals surface area contributed by atoms with Gasteiger partial charge in [0.1, 0.15) is 0 Å². The van der Waals surface area contributed by atoms with E-state index in [1.54, 1.807) is 0 Å². The van der Waals surface area contributed by atoms with Gasteiger partial charge in [0.25, 0.3) is 0 Å². The van der Waals surface area contributed by atoms with Crippen LogP contribution in [0.2, 0.25) is 0 Å². The van der Waals surface area contributed by atoms with Crippen molar-refractivity contribution >= 4 is 0 Å². The molecule has 1 heterocycles. The van der Waals surface area contributed by atoms with Crippen LogP contribution in [0.1, 0.15) is 39.8 Å². The smallest absolute Gasteiger partial charge is 0.0639 e. The zero-order valence-electron chi connectivity index (χ0n) is 12.1. The van der Waals surface area contributed by atoms with E-state index in [-0.39, 0.29) is 0 Å². The SMILES string of the molecule is CNC(Cc1ccn(C)n1)CC(C)C(C)(C)C. The summed E-state index contributed by atoms with van der Waals surface area (Å²) in [6, 6.07) is 2.62. The Morgan fingerprint density at radius 1 is 1.41 bits per heavy atom. The Morgan fingerprint density at radius 2 is 2.06 bits per heavy atom. The van der Waals surface area contributed by atoms with E-state index in [4.69, 9.17) is 0 Å². The Labute approximate surface area is 106 Å². The second-order valence-electron chi connectivity index (χ2n) is 6.17. The van der Waals surface area contributed by atoms with Crippen molar-refractivity contribution in [2.45, 2.75) is 46.6 Å². The summed E-state index contributed by atoms with van der Waals surface area (Å²) in [7, 11) is 4.01. The highest BCUT2D eigenvalue weighted by Gasteiger charge is 2.23. The molecule has 0 saturated heterocycles. The summed E-state index contributed by atoms with van der Waals surface area (Å²) in [5.41, 5.74) is 1.55. The summed E-state index contributed by atoms with van der Waals surface area (Å²) < 4.78 is 1.87. The maximum atomic E-state index is 4.44. The van der Waals surface area contributed by atoms with Gasteiger partial charge < -0.3 is 5.32 Å². The summed E-state index contributed by atoms with van der Waals surface area (Å²) in [5.74, 6) is 0.698. The Balaban J connectivity index is 2.55. The minimum Gasteiger partial charge on any atom is -0.317 e. The first-order chi connectivity index (χ1) is 7.82. The first-order valence-corrected chi connectivity index (χ1v) is 6.48. The van der Waals surface area contributed by atoms with Crippen LogP contribution in [0.3, 0.4) is 0 Å². The van der Waals surface area contributed by atoms with Gasteiger partial charge >= 0.3 is 0 Å². The van der Waals surface area contributed by atoms with Crippen molar-refractivity contribution in [3.63, 3.8) is 0 Å². The normalized spacial score (nSPS) is 15.9. The van der Waals surface area contributed by atoms with Crippen LogP contribution in [0.5, 0.6) is 0 Å². The highest BCUT2D eigenvalue weighted by Crippen LogP contribution is 2.29. The van der Waals surface area contributed by atoms with Crippen LogP contribution >= 0.6 is 0 Å². The second kappa shape index (κ2) is 5.67. The standard InChI is InChI=1S/C14H27N3/c1-11(14(2,3)4)9-13(15-5)10-12-7-8-17(6)16-12/h7-8,11,13,15H,9-10H2,1-6H3. The highest BCUT2D eigenvalue weighted by molar-refractivity contribution is 5.01. The maximum Gasteiger partial charge on any atom is 0.0639 e. The fourth-order valence-corrected chi connectivity index (χ4v) is 1.91. The van der Waals surface area contributed by atoms with Gasteiger partial charge in [-0.05, 0) is 30.9 Å². The van der Waals surface area contributed by atoms with Crippen LogP contribution in [0.4, 0.5) is 0 Å². The lowest BCUT2D eigenvalue weighted by atomic mass is 9.78. The summed E-state index contributed by atoms with van der Waals surface area (Å²) >= 11 is 0. The molecule has 3 nitrogen and oxygen atoms in total. The number of rotatable bonds is 5. The topological polar surface area (TPSA) is 29.9 Å². The number of hydrogen-bond acceptors (Lipinski definition) is 2. The van der Waals surface area contributed by atoms with Crippen LogP contribution in [-0.2, 0) is 13.5 Å². The van der Waals surface area contributed by atoms with Gasteiger partial charge in [-0.2, -0.15) is 5.10 Å². The molecule has 0 aliphatic rings. The first-order valence-electron chi connectivity index (χ1n) is 6.48. The van der Waals surface area contributed by atoms with Crippen molar-refractivity contribution in [1.29, 1.82) is 0 Å². The molecule has 0 aliphatic heterocycles. The van der Waals surface area contributed by atoms with Gasteiger partial charge in [0.15, 0.2) is 0 Å². The quantitative estimate of drug-likeness (QED) is 0.853. The third kappa shape index (κ3) is 4.50. The van der Waals surface area contributed by atoms with Gasteiger partial charge in [0.05, 0.1) is 5.69 Å². The largest absolute Gasteiger partial charge is 0.317 e. The average molecular weight is 237 g/mol. The molecule has 1 N–H and O–H groups in total. The van der Waals surface area contributed by atoms with E-state index in [1.165, 1.54) is 12.1 Å². The molecule has 2 atom stereocenters. The third-order valence-electron chi connectivity index (χ3n) is 3.75. The van der Waals surface area contributed by atoms with Crippen LogP contribution in [-0.4, -0.2) is 22.9 Å². The fraction of sp³-hybridized carbons (Fsp3) is 0.786. The first kappa shape index (κ1) is 14.2.